The molecule has 1 amide bonds. The summed E-state index contributed by atoms with van der Waals surface area (Å²) >= 11 is 0. The van der Waals surface area contributed by atoms with Crippen LogP contribution in [0.3, 0.4) is 0 Å². The van der Waals surface area contributed by atoms with Gasteiger partial charge in [0.1, 0.15) is 0 Å². The van der Waals surface area contributed by atoms with Gasteiger partial charge in [0.25, 0.3) is 0 Å². The lowest BCUT2D eigenvalue weighted by Crippen LogP contribution is -2.28. The van der Waals surface area contributed by atoms with Gasteiger partial charge in [0.2, 0.25) is 5.91 Å². The highest BCUT2D eigenvalue weighted by Crippen LogP contribution is 2.31. The van der Waals surface area contributed by atoms with Crippen LogP contribution in [-0.4, -0.2) is 5.91 Å². The number of hydrogen-bond donors (Lipinski definition) is 1. The van der Waals surface area contributed by atoms with Crippen molar-refractivity contribution in [1.82, 2.24) is 0 Å². The van der Waals surface area contributed by atoms with Crippen LogP contribution < -0.4 is 5.73 Å². The van der Waals surface area contributed by atoms with Crippen LogP contribution in [0.25, 0.3) is 0 Å². The van der Waals surface area contributed by atoms with Crippen molar-refractivity contribution in [2.45, 2.75) is 58.3 Å². The Morgan fingerprint density at radius 1 is 1.11 bits per heavy atom. The van der Waals surface area contributed by atoms with Crippen molar-refractivity contribution < 1.29 is 4.79 Å². The highest BCUT2D eigenvalue weighted by molar-refractivity contribution is 5.82. The first-order valence-electron chi connectivity index (χ1n) is 7.54. The molecule has 0 radical (unpaired) electrons. The van der Waals surface area contributed by atoms with Gasteiger partial charge in [-0.2, -0.15) is 0 Å². The molecule has 0 fully saturated rings. The first-order valence-corrected chi connectivity index (χ1v) is 7.54. The fourth-order valence-electron chi connectivity index (χ4n) is 2.77. The van der Waals surface area contributed by atoms with Crippen molar-refractivity contribution in [3.05, 3.63) is 35.9 Å². The molecule has 0 aliphatic heterocycles. The summed E-state index contributed by atoms with van der Waals surface area (Å²) in [6.07, 6.45) is 7.08. The number of benzene rings is 1. The molecule has 0 bridgehead atoms. The minimum atomic E-state index is -0.187. The van der Waals surface area contributed by atoms with Gasteiger partial charge >= 0.3 is 0 Å². The average molecular weight is 261 g/mol. The summed E-state index contributed by atoms with van der Waals surface area (Å²) in [5.41, 5.74) is 6.70. The maximum Gasteiger partial charge on any atom is 0.225 e. The number of unbranched alkanes of at least 4 members (excludes halogenated alkanes) is 3. The molecule has 2 atom stereocenters. The number of hydrogen-bond acceptors (Lipinski definition) is 1. The summed E-state index contributed by atoms with van der Waals surface area (Å²) in [6, 6.07) is 9.97. The van der Waals surface area contributed by atoms with E-state index in [0.29, 0.717) is 5.92 Å². The van der Waals surface area contributed by atoms with Crippen LogP contribution in [0.15, 0.2) is 30.3 Å². The van der Waals surface area contributed by atoms with E-state index < -0.39 is 0 Å². The second-order valence-electron chi connectivity index (χ2n) is 5.31. The first-order chi connectivity index (χ1) is 9.20. The third-order valence-corrected chi connectivity index (χ3v) is 3.89. The maximum absolute atomic E-state index is 11.8. The molecule has 0 spiro atoms. The summed E-state index contributed by atoms with van der Waals surface area (Å²) in [5, 5.41) is 0. The number of amides is 1. The first kappa shape index (κ1) is 15.7. The van der Waals surface area contributed by atoms with Gasteiger partial charge in [0.15, 0.2) is 0 Å². The van der Waals surface area contributed by atoms with Crippen molar-refractivity contribution >= 4 is 5.91 Å². The molecule has 2 nitrogen and oxygen atoms in total. The molecular weight excluding hydrogens is 234 g/mol. The van der Waals surface area contributed by atoms with Crippen molar-refractivity contribution in [3.63, 3.8) is 0 Å². The minimum absolute atomic E-state index is 0.132. The summed E-state index contributed by atoms with van der Waals surface area (Å²) in [6.45, 7) is 4.37. The normalized spacial score (nSPS) is 14.0. The van der Waals surface area contributed by atoms with Gasteiger partial charge in [-0.1, -0.05) is 76.3 Å². The van der Waals surface area contributed by atoms with Gasteiger partial charge in [0.05, 0.1) is 5.92 Å². The fourth-order valence-corrected chi connectivity index (χ4v) is 2.77. The zero-order chi connectivity index (χ0) is 14.1. The predicted molar refractivity (Wildman–Crippen MR) is 80.9 cm³/mol. The molecule has 1 rings (SSSR count). The summed E-state index contributed by atoms with van der Waals surface area (Å²) in [5.74, 6) is 0.0538. The lowest BCUT2D eigenvalue weighted by atomic mass is 9.80. The Kier molecular flexibility index (Phi) is 7.24. The van der Waals surface area contributed by atoms with E-state index in [-0.39, 0.29) is 11.8 Å². The summed E-state index contributed by atoms with van der Waals surface area (Å²) < 4.78 is 0. The molecule has 2 heteroatoms. The largest absolute Gasteiger partial charge is 0.369 e. The third-order valence-electron chi connectivity index (χ3n) is 3.89. The quantitative estimate of drug-likeness (QED) is 0.663. The van der Waals surface area contributed by atoms with Gasteiger partial charge in [-0.05, 0) is 17.9 Å². The standard InChI is InChI=1S/C17H27NO/c1-3-5-6-8-11-14(4-2)16(17(18)19)15-12-9-7-10-13-15/h7,9-10,12-14,16H,3-6,8,11H2,1-2H3,(H2,18,19). The second-order valence-corrected chi connectivity index (χ2v) is 5.31. The average Bonchev–Trinajstić information content (AvgIpc) is 2.42. The molecule has 0 saturated carbocycles. The smallest absolute Gasteiger partial charge is 0.225 e. The molecule has 0 saturated heterocycles. The highest BCUT2D eigenvalue weighted by Gasteiger charge is 2.26. The maximum atomic E-state index is 11.8. The van der Waals surface area contributed by atoms with E-state index in [2.05, 4.69) is 13.8 Å². The Morgan fingerprint density at radius 3 is 2.32 bits per heavy atom. The molecule has 0 aromatic heterocycles. The Bertz CT molecular complexity index is 361. The topological polar surface area (TPSA) is 43.1 Å². The zero-order valence-electron chi connectivity index (χ0n) is 12.3. The van der Waals surface area contributed by atoms with E-state index in [4.69, 9.17) is 5.73 Å². The zero-order valence-corrected chi connectivity index (χ0v) is 12.3. The van der Waals surface area contributed by atoms with Gasteiger partial charge < -0.3 is 5.73 Å². The Morgan fingerprint density at radius 2 is 1.79 bits per heavy atom. The van der Waals surface area contributed by atoms with Crippen molar-refractivity contribution in [2.24, 2.45) is 11.7 Å². The van der Waals surface area contributed by atoms with Gasteiger partial charge in [-0.15, -0.1) is 0 Å². The van der Waals surface area contributed by atoms with E-state index in [1.54, 1.807) is 0 Å². The monoisotopic (exact) mass is 261 g/mol. The Hall–Kier alpha value is -1.31. The number of primary amides is 1. The molecule has 2 unspecified atom stereocenters. The Labute approximate surface area is 117 Å². The van der Waals surface area contributed by atoms with Gasteiger partial charge in [-0.25, -0.2) is 0 Å². The molecule has 0 aliphatic carbocycles. The number of rotatable bonds is 9. The van der Waals surface area contributed by atoms with Crippen molar-refractivity contribution in [2.75, 3.05) is 0 Å². The fraction of sp³-hybridized carbons (Fsp3) is 0.588. The van der Waals surface area contributed by atoms with E-state index in [1.165, 1.54) is 25.7 Å². The minimum Gasteiger partial charge on any atom is -0.369 e. The molecule has 1 aromatic carbocycles. The van der Waals surface area contributed by atoms with E-state index in [9.17, 15) is 4.79 Å². The number of nitrogens with two attached hydrogens (primary N) is 1. The summed E-state index contributed by atoms with van der Waals surface area (Å²) in [4.78, 5) is 11.8. The SMILES string of the molecule is CCCCCCC(CC)C(C(N)=O)c1ccccc1. The van der Waals surface area contributed by atoms with Crippen LogP contribution >= 0.6 is 0 Å². The second kappa shape index (κ2) is 8.73. The molecule has 2 N–H and O–H groups in total. The van der Waals surface area contributed by atoms with Crippen LogP contribution in [0.2, 0.25) is 0 Å². The van der Waals surface area contributed by atoms with Crippen LogP contribution in [0.5, 0.6) is 0 Å². The van der Waals surface area contributed by atoms with Gasteiger partial charge in [0, 0.05) is 0 Å². The molecule has 0 heterocycles. The molecule has 1 aromatic rings. The van der Waals surface area contributed by atoms with Crippen LogP contribution in [-0.2, 0) is 4.79 Å². The van der Waals surface area contributed by atoms with Crippen LogP contribution in [0.4, 0.5) is 0 Å². The highest BCUT2D eigenvalue weighted by atomic mass is 16.1. The molecule has 0 aliphatic rings. The van der Waals surface area contributed by atoms with E-state index in [1.807, 2.05) is 30.3 Å². The van der Waals surface area contributed by atoms with Crippen LogP contribution in [0, 0.1) is 5.92 Å². The Balaban J connectivity index is 2.70. The number of carbonyl (C=O) groups is 1. The van der Waals surface area contributed by atoms with Crippen molar-refractivity contribution in [1.29, 1.82) is 0 Å². The molecular formula is C17H27NO. The lowest BCUT2D eigenvalue weighted by molar-refractivity contribution is -0.120. The molecule has 19 heavy (non-hydrogen) atoms. The third kappa shape index (κ3) is 5.06. The van der Waals surface area contributed by atoms with E-state index in [0.717, 1.165) is 18.4 Å². The van der Waals surface area contributed by atoms with Crippen molar-refractivity contribution in [3.8, 4) is 0 Å². The predicted octanol–water partition coefficient (Wildman–Crippen LogP) is 4.25. The molecule has 106 valence electrons. The van der Waals surface area contributed by atoms with E-state index >= 15 is 0 Å². The number of carbonyl (C=O) groups excluding carboxylic acids is 1. The lowest BCUT2D eigenvalue weighted by Gasteiger charge is -2.24. The van der Waals surface area contributed by atoms with Crippen LogP contribution in [0.1, 0.15) is 63.9 Å². The summed E-state index contributed by atoms with van der Waals surface area (Å²) in [7, 11) is 0. The van der Waals surface area contributed by atoms with Gasteiger partial charge in [-0.3, -0.25) is 4.79 Å².